The van der Waals surface area contributed by atoms with Gasteiger partial charge in [-0.15, -0.1) is 25.3 Å². The highest BCUT2D eigenvalue weighted by Crippen LogP contribution is 2.31. The van der Waals surface area contributed by atoms with Crippen molar-refractivity contribution >= 4 is 25.3 Å². The van der Waals surface area contributed by atoms with E-state index in [-0.39, 0.29) is 22.2 Å². The third-order valence-electron chi connectivity index (χ3n) is 7.90. The van der Waals surface area contributed by atoms with Crippen molar-refractivity contribution in [1.82, 2.24) is 18.3 Å². The summed E-state index contributed by atoms with van der Waals surface area (Å²) in [6.45, 7) is 15.0. The highest BCUT2D eigenvalue weighted by atomic mass is 32.1. The summed E-state index contributed by atoms with van der Waals surface area (Å²) in [5, 5.41) is 22.5. The molecule has 0 aliphatic heterocycles. The van der Waals surface area contributed by atoms with Crippen LogP contribution in [0.25, 0.3) is 0 Å². The van der Waals surface area contributed by atoms with E-state index in [1.165, 1.54) is 0 Å². The lowest BCUT2D eigenvalue weighted by Crippen LogP contribution is -2.27. The van der Waals surface area contributed by atoms with Gasteiger partial charge >= 0.3 is 11.4 Å². The predicted octanol–water partition coefficient (Wildman–Crippen LogP) is 4.83. The lowest BCUT2D eigenvalue weighted by molar-refractivity contribution is 0.0857. The highest BCUT2D eigenvalue weighted by molar-refractivity contribution is 7.80. The summed E-state index contributed by atoms with van der Waals surface area (Å²) < 4.78 is 6.74. The zero-order valence-corrected chi connectivity index (χ0v) is 26.0. The van der Waals surface area contributed by atoms with Crippen molar-refractivity contribution in [2.24, 2.45) is 10.8 Å². The Balaban J connectivity index is 1.71. The second-order valence-corrected chi connectivity index (χ2v) is 13.1. The van der Waals surface area contributed by atoms with Gasteiger partial charge in [0.1, 0.15) is 0 Å². The second-order valence-electron chi connectivity index (χ2n) is 12.2. The minimum Gasteiger partial charge on any atom is -0.393 e. The Labute approximate surface area is 238 Å². The summed E-state index contributed by atoms with van der Waals surface area (Å²) in [5.41, 5.74) is -0.0994. The molecule has 0 saturated carbocycles. The molecule has 0 aliphatic carbocycles. The molecule has 0 bridgehead atoms. The molecule has 2 heterocycles. The van der Waals surface area contributed by atoms with Gasteiger partial charge in [-0.3, -0.25) is 18.3 Å². The van der Waals surface area contributed by atoms with Gasteiger partial charge in [0.15, 0.2) is 0 Å². The average molecular weight is 571 g/mol. The molecule has 0 aliphatic rings. The maximum atomic E-state index is 12.4. The zero-order valence-electron chi connectivity index (χ0n) is 24.2. The molecule has 0 spiro atoms. The molecule has 2 rings (SSSR count). The molecule has 8 nitrogen and oxygen atoms in total. The van der Waals surface area contributed by atoms with Gasteiger partial charge in [0.2, 0.25) is 0 Å². The van der Waals surface area contributed by atoms with E-state index in [4.69, 9.17) is 0 Å². The van der Waals surface area contributed by atoms with Crippen molar-refractivity contribution in [3.8, 4) is 0 Å². The smallest absolute Gasteiger partial charge is 0.329 e. The monoisotopic (exact) mass is 570 g/mol. The summed E-state index contributed by atoms with van der Waals surface area (Å²) in [4.78, 5) is 24.8. The molecule has 0 fully saturated rings. The van der Waals surface area contributed by atoms with E-state index in [1.807, 2.05) is 13.8 Å². The Morgan fingerprint density at radius 1 is 0.684 bits per heavy atom. The molecule has 38 heavy (non-hydrogen) atoms. The van der Waals surface area contributed by atoms with E-state index >= 15 is 0 Å². The summed E-state index contributed by atoms with van der Waals surface area (Å²) >= 11 is 8.88. The van der Waals surface area contributed by atoms with Gasteiger partial charge in [0, 0.05) is 38.6 Å². The van der Waals surface area contributed by atoms with Crippen LogP contribution in [0.3, 0.4) is 0 Å². The summed E-state index contributed by atoms with van der Waals surface area (Å²) in [7, 11) is 0. The van der Waals surface area contributed by atoms with Gasteiger partial charge < -0.3 is 10.2 Å². The molecule has 2 N–H and O–H groups in total. The minimum absolute atomic E-state index is 0.0233. The van der Waals surface area contributed by atoms with Gasteiger partial charge in [-0.2, -0.15) is 0 Å². The Morgan fingerprint density at radius 3 is 1.32 bits per heavy atom. The quantitative estimate of drug-likeness (QED) is 0.205. The first-order valence-corrected chi connectivity index (χ1v) is 14.9. The number of aliphatic hydroxyl groups is 2. The first-order chi connectivity index (χ1) is 17.7. The number of hydrogen-bond acceptors (Lipinski definition) is 6. The van der Waals surface area contributed by atoms with Gasteiger partial charge in [-0.05, 0) is 76.0 Å². The van der Waals surface area contributed by atoms with E-state index in [0.717, 1.165) is 25.7 Å². The first-order valence-electron chi connectivity index (χ1n) is 14.0. The Kier molecular flexibility index (Phi) is 12.4. The standard InChI is InChI=1S/C28H50N4O4S2/c1-7-29-19-23(37)31(25(29)35)17-15-27(3,4)13-11-21(33)9-10-22(34)12-14-28(5,6)16-18-32-24(38)20-30(8-2)26(32)36/h19-22,33-34,37-38H,7-18H2,1-6H3. The number of aliphatic hydroxyl groups excluding tert-OH is 2. The first kappa shape index (κ1) is 32.8. The molecule has 0 amide bonds. The Morgan fingerprint density at radius 2 is 1.03 bits per heavy atom. The Bertz CT molecular complexity index is 1040. The minimum atomic E-state index is -0.454. The fourth-order valence-corrected chi connectivity index (χ4v) is 5.43. The van der Waals surface area contributed by atoms with Gasteiger partial charge in [0.05, 0.1) is 22.3 Å². The number of nitrogens with zero attached hydrogens (tertiary/aromatic N) is 4. The summed E-state index contributed by atoms with van der Waals surface area (Å²) in [6.07, 6.45) is 8.45. The maximum Gasteiger partial charge on any atom is 0.329 e. The molecule has 218 valence electrons. The van der Waals surface area contributed by atoms with Gasteiger partial charge in [0.25, 0.3) is 0 Å². The molecule has 0 aromatic carbocycles. The molecule has 0 saturated heterocycles. The van der Waals surface area contributed by atoms with E-state index in [0.29, 0.717) is 61.9 Å². The molecule has 0 radical (unpaired) electrons. The van der Waals surface area contributed by atoms with Crippen molar-refractivity contribution in [2.75, 3.05) is 0 Å². The topological polar surface area (TPSA) is 94.3 Å². The Hall–Kier alpha value is -1.36. The normalized spacial score (nSPS) is 14.3. The van der Waals surface area contributed by atoms with E-state index < -0.39 is 12.2 Å². The highest BCUT2D eigenvalue weighted by Gasteiger charge is 2.23. The van der Waals surface area contributed by atoms with Crippen molar-refractivity contribution in [3.63, 3.8) is 0 Å². The predicted molar refractivity (Wildman–Crippen MR) is 160 cm³/mol. The third kappa shape index (κ3) is 9.68. The van der Waals surface area contributed by atoms with Crippen LogP contribution in [0.15, 0.2) is 32.0 Å². The zero-order chi connectivity index (χ0) is 28.7. The van der Waals surface area contributed by atoms with Crippen LogP contribution < -0.4 is 11.4 Å². The van der Waals surface area contributed by atoms with Crippen LogP contribution in [-0.2, 0) is 26.2 Å². The number of aryl methyl sites for hydroxylation is 2. The average Bonchev–Trinajstić information content (AvgIpc) is 3.30. The van der Waals surface area contributed by atoms with Crippen LogP contribution in [0.1, 0.15) is 92.9 Å². The fraction of sp³-hybridized carbons (Fsp3) is 0.786. The molecular weight excluding hydrogens is 520 g/mol. The fourth-order valence-electron chi connectivity index (χ4n) is 4.78. The summed E-state index contributed by atoms with van der Waals surface area (Å²) in [5.74, 6) is 0. The molecule has 2 unspecified atom stereocenters. The van der Waals surface area contributed by atoms with Crippen LogP contribution >= 0.6 is 25.3 Å². The van der Waals surface area contributed by atoms with Crippen molar-refractivity contribution in [2.45, 2.75) is 141 Å². The lowest BCUT2D eigenvalue weighted by atomic mass is 9.82. The van der Waals surface area contributed by atoms with E-state index in [2.05, 4.69) is 53.0 Å². The van der Waals surface area contributed by atoms with Gasteiger partial charge in [-0.1, -0.05) is 27.7 Å². The number of aromatic nitrogens is 4. The van der Waals surface area contributed by atoms with E-state index in [1.54, 1.807) is 30.7 Å². The largest absolute Gasteiger partial charge is 0.393 e. The third-order valence-corrected chi connectivity index (χ3v) is 8.61. The number of rotatable bonds is 17. The molecule has 10 heteroatoms. The maximum absolute atomic E-state index is 12.4. The van der Waals surface area contributed by atoms with Crippen LogP contribution in [-0.4, -0.2) is 40.7 Å². The molecular formula is C28H50N4O4S2. The van der Waals surface area contributed by atoms with Crippen molar-refractivity contribution < 1.29 is 10.2 Å². The number of hydrogen-bond donors (Lipinski definition) is 4. The summed E-state index contributed by atoms with van der Waals surface area (Å²) in [6, 6.07) is 0. The van der Waals surface area contributed by atoms with Gasteiger partial charge in [-0.25, -0.2) is 9.59 Å². The SMILES string of the molecule is CCn1cc(S)n(CCC(C)(C)CCC(O)CCC(O)CCC(C)(C)CCn2c(S)cn(CC)c2=O)c1=O. The van der Waals surface area contributed by atoms with Crippen molar-refractivity contribution in [3.05, 3.63) is 33.4 Å². The van der Waals surface area contributed by atoms with E-state index in [9.17, 15) is 19.8 Å². The molecule has 2 atom stereocenters. The lowest BCUT2D eigenvalue weighted by Gasteiger charge is -2.27. The molecule has 2 aromatic rings. The van der Waals surface area contributed by atoms with Crippen LogP contribution in [0.2, 0.25) is 0 Å². The number of thiol groups is 2. The van der Waals surface area contributed by atoms with Crippen molar-refractivity contribution in [1.29, 1.82) is 0 Å². The van der Waals surface area contributed by atoms with Crippen LogP contribution in [0.5, 0.6) is 0 Å². The van der Waals surface area contributed by atoms with Crippen LogP contribution in [0, 0.1) is 10.8 Å². The second kappa shape index (κ2) is 14.3. The number of imidazole rings is 2. The van der Waals surface area contributed by atoms with Crippen LogP contribution in [0.4, 0.5) is 0 Å². The molecule has 2 aromatic heterocycles.